The van der Waals surface area contributed by atoms with Crippen LogP contribution in [0.15, 0.2) is 18.3 Å². The van der Waals surface area contributed by atoms with Gasteiger partial charge in [0.05, 0.1) is 34.2 Å². The molecule has 0 radical (unpaired) electrons. The maximum atomic E-state index is 16.5. The molecule has 210 valence electrons. The van der Waals surface area contributed by atoms with E-state index in [9.17, 15) is 4.39 Å². The summed E-state index contributed by atoms with van der Waals surface area (Å²) in [5, 5.41) is 7.87. The SMILES string of the molecule is C#Cc1c(F)ccc2[nH]nc(-c3ncc4c(N5CC6CCC(C5)O6)nc(OCC56CCCN5CCC6)nc4c3F)c12. The maximum absolute atomic E-state index is 16.5. The molecule has 0 saturated carbocycles. The Bertz CT molecular complexity index is 1710. The van der Waals surface area contributed by atoms with Crippen LogP contribution in [-0.2, 0) is 4.74 Å². The Balaban J connectivity index is 1.26. The quantitative estimate of drug-likeness (QED) is 0.365. The summed E-state index contributed by atoms with van der Waals surface area (Å²) in [4.78, 5) is 18.5. The number of morpholine rings is 1. The van der Waals surface area contributed by atoms with Gasteiger partial charge < -0.3 is 14.4 Å². The summed E-state index contributed by atoms with van der Waals surface area (Å²) in [6, 6.07) is 2.92. The number of pyridine rings is 1. The van der Waals surface area contributed by atoms with Gasteiger partial charge in [-0.25, -0.2) is 8.78 Å². The number of ether oxygens (including phenoxy) is 2. The highest BCUT2D eigenvalue weighted by Crippen LogP contribution is 2.40. The largest absolute Gasteiger partial charge is 0.461 e. The van der Waals surface area contributed by atoms with Crippen LogP contribution in [0.5, 0.6) is 6.01 Å². The van der Waals surface area contributed by atoms with Crippen molar-refractivity contribution in [2.75, 3.05) is 37.7 Å². The molecule has 0 amide bonds. The molecule has 4 aliphatic rings. The minimum absolute atomic E-state index is 0.000625. The van der Waals surface area contributed by atoms with Crippen molar-refractivity contribution in [3.05, 3.63) is 35.5 Å². The van der Waals surface area contributed by atoms with Crippen molar-refractivity contribution in [2.45, 2.75) is 56.3 Å². The second-order valence-corrected chi connectivity index (χ2v) is 11.6. The summed E-state index contributed by atoms with van der Waals surface area (Å²) in [5.74, 6) is 1.68. The Morgan fingerprint density at radius 2 is 1.88 bits per heavy atom. The van der Waals surface area contributed by atoms with E-state index in [4.69, 9.17) is 20.9 Å². The standard InChI is InChI=1S/C30H29F2N7O2/c1-2-19-21(31)7-8-22-23(19)26(37-36-22)27-24(32)25-20(13-33-27)28(38-14-17-5-6-18(15-38)41-17)35-29(34-25)40-16-30-9-3-11-39(30)12-4-10-30/h1,7-8,13,17-18H,3-6,9-12,14-16H2,(H,36,37). The van der Waals surface area contributed by atoms with Crippen molar-refractivity contribution in [1.82, 2.24) is 30.0 Å². The summed E-state index contributed by atoms with van der Waals surface area (Å²) in [5.41, 5.74) is 0.618. The van der Waals surface area contributed by atoms with Crippen molar-refractivity contribution in [1.29, 1.82) is 0 Å². The minimum Gasteiger partial charge on any atom is -0.461 e. The molecule has 2 atom stereocenters. The third kappa shape index (κ3) is 3.88. The van der Waals surface area contributed by atoms with Crippen LogP contribution in [0.2, 0.25) is 0 Å². The molecule has 8 rings (SSSR count). The van der Waals surface area contributed by atoms with E-state index in [1.807, 2.05) is 0 Å². The number of fused-ring (bicyclic) bond motifs is 5. The summed E-state index contributed by atoms with van der Waals surface area (Å²) >= 11 is 0. The molecule has 9 nitrogen and oxygen atoms in total. The predicted octanol–water partition coefficient (Wildman–Crippen LogP) is 4.20. The first-order chi connectivity index (χ1) is 20.0. The fraction of sp³-hybridized carbons (Fsp3) is 0.467. The molecular weight excluding hydrogens is 528 g/mol. The number of hydrogen-bond acceptors (Lipinski definition) is 8. The molecule has 0 aliphatic carbocycles. The lowest BCUT2D eigenvalue weighted by molar-refractivity contribution is 0.0302. The van der Waals surface area contributed by atoms with Crippen LogP contribution in [0.25, 0.3) is 33.2 Å². The Morgan fingerprint density at radius 3 is 2.63 bits per heavy atom. The van der Waals surface area contributed by atoms with Gasteiger partial charge in [0.2, 0.25) is 0 Å². The first-order valence-electron chi connectivity index (χ1n) is 14.3. The number of nitrogens with zero attached hydrogens (tertiary/aromatic N) is 6. The van der Waals surface area contributed by atoms with Gasteiger partial charge >= 0.3 is 6.01 Å². The van der Waals surface area contributed by atoms with Crippen LogP contribution in [0.4, 0.5) is 14.6 Å². The Kier molecular flexibility index (Phi) is 5.66. The average Bonchev–Trinajstić information content (AvgIpc) is 3.75. The molecular formula is C30H29F2N7O2. The van der Waals surface area contributed by atoms with Gasteiger partial charge in [-0.3, -0.25) is 15.0 Å². The molecule has 7 heterocycles. The molecule has 41 heavy (non-hydrogen) atoms. The first kappa shape index (κ1) is 24.9. The molecule has 4 aromatic rings. The maximum Gasteiger partial charge on any atom is 0.319 e. The molecule has 1 aromatic carbocycles. The number of nitrogens with one attached hydrogen (secondary N) is 1. The van der Waals surface area contributed by atoms with E-state index in [1.54, 1.807) is 6.20 Å². The number of aromatic amines is 1. The lowest BCUT2D eigenvalue weighted by atomic mass is 9.95. The number of rotatable bonds is 5. The van der Waals surface area contributed by atoms with Gasteiger partial charge in [-0.15, -0.1) is 6.42 Å². The molecule has 11 heteroatoms. The normalized spacial score (nSPS) is 23.4. The zero-order valence-corrected chi connectivity index (χ0v) is 22.5. The third-order valence-corrected chi connectivity index (χ3v) is 9.32. The smallest absolute Gasteiger partial charge is 0.319 e. The molecule has 4 aliphatic heterocycles. The van der Waals surface area contributed by atoms with E-state index in [-0.39, 0.29) is 46.2 Å². The van der Waals surface area contributed by atoms with Crippen LogP contribution in [0.1, 0.15) is 44.1 Å². The minimum atomic E-state index is -0.686. The monoisotopic (exact) mass is 557 g/mol. The number of hydrogen-bond donors (Lipinski definition) is 1. The molecule has 4 fully saturated rings. The van der Waals surface area contributed by atoms with E-state index in [0.717, 1.165) is 51.6 Å². The Morgan fingerprint density at radius 1 is 1.10 bits per heavy atom. The highest BCUT2D eigenvalue weighted by atomic mass is 19.1. The summed E-state index contributed by atoms with van der Waals surface area (Å²) in [6.07, 6.45) is 13.8. The fourth-order valence-corrected chi connectivity index (χ4v) is 7.34. The first-order valence-corrected chi connectivity index (χ1v) is 14.3. The highest BCUT2D eigenvalue weighted by Gasteiger charge is 2.45. The van der Waals surface area contributed by atoms with E-state index in [0.29, 0.717) is 41.8 Å². The molecule has 0 spiro atoms. The van der Waals surface area contributed by atoms with Crippen LogP contribution in [-0.4, -0.2) is 80.6 Å². The Labute approximate surface area is 235 Å². The van der Waals surface area contributed by atoms with Gasteiger partial charge in [-0.2, -0.15) is 15.1 Å². The van der Waals surface area contributed by atoms with Crippen LogP contribution in [0, 0.1) is 24.0 Å². The molecule has 1 N–H and O–H groups in total. The van der Waals surface area contributed by atoms with Crippen molar-refractivity contribution in [3.63, 3.8) is 0 Å². The van der Waals surface area contributed by atoms with E-state index >= 15 is 4.39 Å². The number of terminal acetylenes is 1. The second kappa shape index (κ2) is 9.33. The summed E-state index contributed by atoms with van der Waals surface area (Å²) < 4.78 is 43.4. The highest BCUT2D eigenvalue weighted by molar-refractivity contribution is 5.99. The van der Waals surface area contributed by atoms with Crippen molar-refractivity contribution < 1.29 is 18.3 Å². The van der Waals surface area contributed by atoms with E-state index < -0.39 is 11.6 Å². The van der Waals surface area contributed by atoms with Gasteiger partial charge in [0.25, 0.3) is 0 Å². The predicted molar refractivity (Wildman–Crippen MR) is 149 cm³/mol. The van der Waals surface area contributed by atoms with Crippen LogP contribution >= 0.6 is 0 Å². The van der Waals surface area contributed by atoms with Gasteiger partial charge in [0.15, 0.2) is 5.82 Å². The lowest BCUT2D eigenvalue weighted by Crippen LogP contribution is -2.44. The van der Waals surface area contributed by atoms with Crippen LogP contribution in [0.3, 0.4) is 0 Å². The lowest BCUT2D eigenvalue weighted by Gasteiger charge is -2.34. The average molecular weight is 558 g/mol. The second-order valence-electron chi connectivity index (χ2n) is 11.6. The molecule has 2 unspecified atom stereocenters. The number of benzene rings is 1. The van der Waals surface area contributed by atoms with Gasteiger partial charge in [-0.1, -0.05) is 5.92 Å². The topological polar surface area (TPSA) is 92.3 Å². The van der Waals surface area contributed by atoms with Gasteiger partial charge in [0, 0.05) is 24.7 Å². The number of H-pyrrole nitrogens is 1. The van der Waals surface area contributed by atoms with Crippen molar-refractivity contribution in [3.8, 4) is 29.7 Å². The van der Waals surface area contributed by atoms with E-state index in [1.165, 1.54) is 12.1 Å². The van der Waals surface area contributed by atoms with Crippen molar-refractivity contribution in [2.24, 2.45) is 0 Å². The number of halogens is 2. The van der Waals surface area contributed by atoms with Crippen LogP contribution < -0.4 is 9.64 Å². The molecule has 3 aromatic heterocycles. The zero-order chi connectivity index (χ0) is 27.7. The zero-order valence-electron chi connectivity index (χ0n) is 22.5. The van der Waals surface area contributed by atoms with Gasteiger partial charge in [0.1, 0.15) is 35.1 Å². The van der Waals surface area contributed by atoms with E-state index in [2.05, 4.69) is 35.9 Å². The number of aromatic nitrogens is 5. The third-order valence-electron chi connectivity index (χ3n) is 9.32. The van der Waals surface area contributed by atoms with Gasteiger partial charge in [-0.05, 0) is 63.7 Å². The fourth-order valence-electron chi connectivity index (χ4n) is 7.34. The van der Waals surface area contributed by atoms with Crippen molar-refractivity contribution >= 4 is 27.6 Å². The molecule has 2 bridgehead atoms. The Hall–Kier alpha value is -3.88. The number of anilines is 1. The summed E-state index contributed by atoms with van der Waals surface area (Å²) in [7, 11) is 0. The summed E-state index contributed by atoms with van der Waals surface area (Å²) in [6.45, 7) is 3.91. The molecule has 4 saturated heterocycles.